The number of rotatable bonds is 2. The molecule has 3 nitrogen and oxygen atoms in total. The predicted octanol–water partition coefficient (Wildman–Crippen LogP) is 2.79. The Balaban J connectivity index is 2.07. The van der Waals surface area contributed by atoms with E-state index in [4.69, 9.17) is 5.11 Å². The van der Waals surface area contributed by atoms with Gasteiger partial charge >= 0.3 is 0 Å². The second kappa shape index (κ2) is 5.96. The second-order valence-electron chi connectivity index (χ2n) is 4.51. The molecule has 0 atom stereocenters. The first-order valence-electron chi connectivity index (χ1n) is 6.61. The van der Waals surface area contributed by atoms with Crippen molar-refractivity contribution in [3.63, 3.8) is 0 Å². The lowest BCUT2D eigenvalue weighted by Gasteiger charge is -2.00. The fourth-order valence-corrected chi connectivity index (χ4v) is 3.06. The van der Waals surface area contributed by atoms with Gasteiger partial charge < -0.3 is 5.11 Å². The van der Waals surface area contributed by atoms with Crippen LogP contribution in [0, 0.1) is 11.8 Å². The largest absolute Gasteiger partial charge is 0.395 e. The summed E-state index contributed by atoms with van der Waals surface area (Å²) in [6, 6.07) is 15.2. The summed E-state index contributed by atoms with van der Waals surface area (Å²) in [5.41, 5.74) is 1.65. The Morgan fingerprint density at radius 2 is 2.00 bits per heavy atom. The third kappa shape index (κ3) is 2.75. The van der Waals surface area contributed by atoms with Crippen molar-refractivity contribution in [3.8, 4) is 17.5 Å². The van der Waals surface area contributed by atoms with Crippen molar-refractivity contribution in [2.45, 2.75) is 6.42 Å². The molecule has 0 saturated carbocycles. The molecule has 3 rings (SSSR count). The Morgan fingerprint density at radius 3 is 2.81 bits per heavy atom. The van der Waals surface area contributed by atoms with Gasteiger partial charge in [0.25, 0.3) is 5.56 Å². The molecule has 1 aromatic heterocycles. The van der Waals surface area contributed by atoms with Crippen molar-refractivity contribution in [1.29, 1.82) is 0 Å². The Labute approximate surface area is 126 Å². The van der Waals surface area contributed by atoms with Crippen molar-refractivity contribution < 1.29 is 5.11 Å². The van der Waals surface area contributed by atoms with Crippen LogP contribution < -0.4 is 5.56 Å². The Bertz CT molecular complexity index is 896. The molecule has 2 aromatic carbocycles. The number of fused-ring (bicyclic) bond motifs is 1. The Morgan fingerprint density at radius 1 is 1.14 bits per heavy atom. The maximum Gasteiger partial charge on any atom is 0.273 e. The van der Waals surface area contributed by atoms with Gasteiger partial charge in [0.2, 0.25) is 0 Å². The molecule has 0 saturated heterocycles. The van der Waals surface area contributed by atoms with Crippen molar-refractivity contribution >= 4 is 21.6 Å². The van der Waals surface area contributed by atoms with Gasteiger partial charge in [-0.25, -0.2) is 3.96 Å². The van der Waals surface area contributed by atoms with Crippen LogP contribution in [0.2, 0.25) is 0 Å². The summed E-state index contributed by atoms with van der Waals surface area (Å²) in [6.07, 6.45) is 0.451. The minimum absolute atomic E-state index is 0.00364. The van der Waals surface area contributed by atoms with Crippen molar-refractivity contribution in [2.24, 2.45) is 0 Å². The molecule has 0 bridgehead atoms. The zero-order valence-corrected chi connectivity index (χ0v) is 12.1. The Kier molecular flexibility index (Phi) is 3.87. The van der Waals surface area contributed by atoms with Gasteiger partial charge in [0.15, 0.2) is 0 Å². The van der Waals surface area contributed by atoms with E-state index in [1.54, 1.807) is 3.96 Å². The number of aliphatic hydroxyl groups is 1. The molecule has 0 aliphatic heterocycles. The fraction of sp³-hybridized carbons (Fsp3) is 0.118. The van der Waals surface area contributed by atoms with Gasteiger partial charge in [-0.15, -0.1) is 0 Å². The number of nitrogens with zero attached hydrogens (tertiary/aromatic N) is 1. The third-order valence-electron chi connectivity index (χ3n) is 3.04. The number of aliphatic hydroxyl groups excluding tert-OH is 1. The van der Waals surface area contributed by atoms with Gasteiger partial charge in [0.1, 0.15) is 0 Å². The number of aromatic nitrogens is 1. The highest BCUT2D eigenvalue weighted by atomic mass is 32.1. The van der Waals surface area contributed by atoms with E-state index in [9.17, 15) is 4.79 Å². The molecule has 0 amide bonds. The van der Waals surface area contributed by atoms with Gasteiger partial charge in [-0.05, 0) is 30.3 Å². The minimum atomic E-state index is -0.00364. The normalized spacial score (nSPS) is 10.3. The number of hydrogen-bond donors (Lipinski definition) is 1. The highest BCUT2D eigenvalue weighted by Crippen LogP contribution is 2.20. The van der Waals surface area contributed by atoms with E-state index in [1.807, 2.05) is 48.5 Å². The smallest absolute Gasteiger partial charge is 0.273 e. The molecule has 0 fully saturated rings. The van der Waals surface area contributed by atoms with Crippen LogP contribution in [0.1, 0.15) is 12.0 Å². The molecule has 104 valence electrons. The monoisotopic (exact) mass is 295 g/mol. The van der Waals surface area contributed by atoms with Gasteiger partial charge in [-0.1, -0.05) is 41.6 Å². The molecule has 0 unspecified atom stereocenters. The number of hydrogen-bond acceptors (Lipinski definition) is 3. The van der Waals surface area contributed by atoms with Crippen LogP contribution in [0.4, 0.5) is 0 Å². The average Bonchev–Trinajstić information content (AvgIpc) is 2.86. The predicted molar refractivity (Wildman–Crippen MR) is 86.0 cm³/mol. The van der Waals surface area contributed by atoms with Crippen LogP contribution in [0.15, 0.2) is 53.3 Å². The SMILES string of the molecule is O=c1c2ccccc2sn1-c1cccc(C#CCCO)c1. The molecule has 3 aromatic rings. The summed E-state index contributed by atoms with van der Waals surface area (Å²) in [6.45, 7) is 0.0580. The standard InChI is InChI=1S/C17H13NO2S/c19-11-4-3-6-13-7-5-8-14(12-13)18-17(20)15-9-1-2-10-16(15)21-18/h1-2,5,7-10,12,19H,4,11H2. The zero-order valence-electron chi connectivity index (χ0n) is 11.2. The van der Waals surface area contributed by atoms with Gasteiger partial charge in [0, 0.05) is 12.0 Å². The van der Waals surface area contributed by atoms with Crippen LogP contribution in [0.25, 0.3) is 15.8 Å². The first kappa shape index (κ1) is 13.6. The van der Waals surface area contributed by atoms with Gasteiger partial charge in [-0.3, -0.25) is 4.79 Å². The lowest BCUT2D eigenvalue weighted by atomic mass is 10.2. The highest BCUT2D eigenvalue weighted by molar-refractivity contribution is 7.14. The summed E-state index contributed by atoms with van der Waals surface area (Å²) in [4.78, 5) is 12.4. The molecule has 0 spiro atoms. The van der Waals surface area contributed by atoms with Gasteiger partial charge in [-0.2, -0.15) is 0 Å². The summed E-state index contributed by atoms with van der Waals surface area (Å²) < 4.78 is 2.65. The van der Waals surface area contributed by atoms with E-state index in [0.29, 0.717) is 6.42 Å². The van der Waals surface area contributed by atoms with Gasteiger partial charge in [0.05, 0.1) is 22.4 Å². The van der Waals surface area contributed by atoms with Crippen LogP contribution in [-0.4, -0.2) is 15.7 Å². The molecule has 1 N–H and O–H groups in total. The molecular weight excluding hydrogens is 282 g/mol. The fourth-order valence-electron chi connectivity index (χ4n) is 2.07. The maximum absolute atomic E-state index is 12.4. The molecule has 1 heterocycles. The van der Waals surface area contributed by atoms with E-state index in [2.05, 4.69) is 11.8 Å². The van der Waals surface area contributed by atoms with Crippen LogP contribution in [0.5, 0.6) is 0 Å². The first-order chi connectivity index (χ1) is 10.3. The van der Waals surface area contributed by atoms with Crippen LogP contribution in [-0.2, 0) is 0 Å². The highest BCUT2D eigenvalue weighted by Gasteiger charge is 2.08. The third-order valence-corrected chi connectivity index (χ3v) is 4.15. The summed E-state index contributed by atoms with van der Waals surface area (Å²) in [5, 5.41) is 9.48. The summed E-state index contributed by atoms with van der Waals surface area (Å²) >= 11 is 1.43. The van der Waals surface area contributed by atoms with Crippen molar-refractivity contribution in [2.75, 3.05) is 6.61 Å². The van der Waals surface area contributed by atoms with E-state index in [0.717, 1.165) is 21.3 Å². The lowest BCUT2D eigenvalue weighted by molar-refractivity contribution is 0.305. The topological polar surface area (TPSA) is 42.2 Å². The first-order valence-corrected chi connectivity index (χ1v) is 7.38. The summed E-state index contributed by atoms with van der Waals surface area (Å²) in [5.74, 6) is 5.88. The summed E-state index contributed by atoms with van der Waals surface area (Å²) in [7, 11) is 0. The Hall–Kier alpha value is -2.35. The number of benzene rings is 2. The molecule has 21 heavy (non-hydrogen) atoms. The molecule has 0 radical (unpaired) electrons. The zero-order chi connectivity index (χ0) is 14.7. The molecular formula is C17H13NO2S. The second-order valence-corrected chi connectivity index (χ2v) is 5.50. The lowest BCUT2D eigenvalue weighted by Crippen LogP contribution is -2.10. The molecule has 0 aliphatic rings. The molecule has 4 heteroatoms. The maximum atomic E-state index is 12.4. The minimum Gasteiger partial charge on any atom is -0.395 e. The van der Waals surface area contributed by atoms with E-state index < -0.39 is 0 Å². The van der Waals surface area contributed by atoms with Crippen LogP contribution in [0.3, 0.4) is 0 Å². The van der Waals surface area contributed by atoms with Crippen molar-refractivity contribution in [1.82, 2.24) is 3.96 Å². The van der Waals surface area contributed by atoms with Crippen LogP contribution >= 0.6 is 11.5 Å². The quantitative estimate of drug-likeness (QED) is 0.739. The average molecular weight is 295 g/mol. The molecule has 0 aliphatic carbocycles. The van der Waals surface area contributed by atoms with Crippen molar-refractivity contribution in [3.05, 3.63) is 64.4 Å². The van der Waals surface area contributed by atoms with E-state index in [-0.39, 0.29) is 12.2 Å². The van der Waals surface area contributed by atoms with E-state index in [1.165, 1.54) is 11.5 Å². The van der Waals surface area contributed by atoms with E-state index >= 15 is 0 Å².